The Bertz CT molecular complexity index is 1020. The number of nitrogens with one attached hydrogen (secondary N) is 1. The van der Waals surface area contributed by atoms with Gasteiger partial charge in [0.15, 0.2) is 5.82 Å². The van der Waals surface area contributed by atoms with Gasteiger partial charge in [0.2, 0.25) is 5.91 Å². The quantitative estimate of drug-likeness (QED) is 0.722. The number of aromatic nitrogens is 3. The fourth-order valence-electron chi connectivity index (χ4n) is 4.44. The molecule has 1 aliphatic carbocycles. The third-order valence-electron chi connectivity index (χ3n) is 6.32. The highest BCUT2D eigenvalue weighted by Gasteiger charge is 2.29. The Morgan fingerprint density at radius 2 is 2.09 bits per heavy atom. The number of carbonyl (C=O) groups excluding carboxylic acids is 1. The number of ether oxygens (including phenoxy) is 1. The van der Waals surface area contributed by atoms with E-state index in [9.17, 15) is 4.79 Å². The molecule has 1 saturated heterocycles. The number of aryl methyl sites for hydroxylation is 1. The second-order valence-corrected chi connectivity index (χ2v) is 10.3. The molecule has 8 nitrogen and oxygen atoms in total. The van der Waals surface area contributed by atoms with E-state index < -0.39 is 0 Å². The maximum absolute atomic E-state index is 12.8. The summed E-state index contributed by atoms with van der Waals surface area (Å²) in [5.41, 5.74) is 2.59. The molecule has 1 unspecified atom stereocenters. The number of carbonyl (C=O) groups is 1. The zero-order chi connectivity index (χ0) is 23.8. The number of hydrogen-bond acceptors (Lipinski definition) is 7. The molecule has 3 heterocycles. The van der Waals surface area contributed by atoms with Gasteiger partial charge in [0.05, 0.1) is 0 Å². The molecule has 2 aromatic heterocycles. The number of likely N-dealkylation sites (N-methyl/N-ethyl adjacent to an activating group) is 2. The number of amides is 1. The average molecular weight is 453 g/mol. The number of pyridine rings is 1. The summed E-state index contributed by atoms with van der Waals surface area (Å²) < 4.78 is 6.19. The molecule has 0 bridgehead atoms. The molecule has 0 saturated carbocycles. The molecule has 4 rings (SSSR count). The van der Waals surface area contributed by atoms with E-state index in [0.29, 0.717) is 11.5 Å². The van der Waals surface area contributed by atoms with Gasteiger partial charge in [-0.3, -0.25) is 9.78 Å². The van der Waals surface area contributed by atoms with Gasteiger partial charge in [-0.15, -0.1) is 0 Å². The van der Waals surface area contributed by atoms with Crippen LogP contribution in [0.4, 0.5) is 5.82 Å². The predicted octanol–water partition coefficient (Wildman–Crippen LogP) is 2.85. The van der Waals surface area contributed by atoms with Gasteiger partial charge in [-0.1, -0.05) is 0 Å². The number of hydrogen-bond donors (Lipinski definition) is 1. The number of likely N-dealkylation sites (tertiary alicyclic amines) is 1. The molecule has 0 aromatic carbocycles. The zero-order valence-electron chi connectivity index (χ0n) is 20.7. The molecule has 0 spiro atoms. The molecule has 2 aliphatic rings. The molecular formula is C25H36N6O2. The van der Waals surface area contributed by atoms with Gasteiger partial charge < -0.3 is 19.9 Å². The van der Waals surface area contributed by atoms with Crippen LogP contribution in [0.3, 0.4) is 0 Å². The highest BCUT2D eigenvalue weighted by Crippen LogP contribution is 2.32. The maximum atomic E-state index is 12.8. The molecule has 1 aliphatic heterocycles. The molecule has 2 aromatic rings. The highest BCUT2D eigenvalue weighted by atomic mass is 16.5. The van der Waals surface area contributed by atoms with Gasteiger partial charge in [-0.05, 0) is 66.5 Å². The molecule has 33 heavy (non-hydrogen) atoms. The standard InChI is InChI=1S/C25H36N6O2/c1-16(24(32)29-25(2,3)4)31(6)23-19-8-7-9-20(19)27-22(28-23)21-14-17(10-12-26-21)33-18-11-13-30(5)15-18/h10,12,14,16,18H,7-9,11,13,15H2,1-6H3,(H,29,32)/t16?,18-/m1/s1. The molecular weight excluding hydrogens is 416 g/mol. The summed E-state index contributed by atoms with van der Waals surface area (Å²) in [4.78, 5) is 31.4. The molecule has 8 heteroatoms. The molecule has 0 radical (unpaired) electrons. The van der Waals surface area contributed by atoms with Crippen LogP contribution in [-0.4, -0.2) is 70.6 Å². The number of rotatable bonds is 6. The summed E-state index contributed by atoms with van der Waals surface area (Å²) in [5.74, 6) is 2.16. The summed E-state index contributed by atoms with van der Waals surface area (Å²) in [6.45, 7) is 9.85. The summed E-state index contributed by atoms with van der Waals surface area (Å²) in [6.07, 6.45) is 5.85. The average Bonchev–Trinajstić information content (AvgIpc) is 3.39. The topological polar surface area (TPSA) is 83.5 Å². The van der Waals surface area contributed by atoms with E-state index in [0.717, 1.165) is 61.6 Å². The summed E-state index contributed by atoms with van der Waals surface area (Å²) in [7, 11) is 4.04. The van der Waals surface area contributed by atoms with E-state index >= 15 is 0 Å². The number of nitrogens with zero attached hydrogens (tertiary/aromatic N) is 5. The van der Waals surface area contributed by atoms with Gasteiger partial charge in [-0.25, -0.2) is 9.97 Å². The Morgan fingerprint density at radius 1 is 1.30 bits per heavy atom. The van der Waals surface area contributed by atoms with Crippen molar-refractivity contribution in [3.8, 4) is 17.3 Å². The molecule has 2 atom stereocenters. The van der Waals surface area contributed by atoms with Crippen LogP contribution in [0.15, 0.2) is 18.3 Å². The van der Waals surface area contributed by atoms with E-state index in [1.165, 1.54) is 0 Å². The lowest BCUT2D eigenvalue weighted by Crippen LogP contribution is -2.50. The van der Waals surface area contributed by atoms with Crippen molar-refractivity contribution in [3.05, 3.63) is 29.6 Å². The van der Waals surface area contributed by atoms with Crippen molar-refractivity contribution in [1.29, 1.82) is 0 Å². The first-order valence-electron chi connectivity index (χ1n) is 11.9. The third kappa shape index (κ3) is 5.43. The molecule has 1 amide bonds. The normalized spacial score (nSPS) is 19.3. The van der Waals surface area contributed by atoms with Crippen LogP contribution in [0.5, 0.6) is 5.75 Å². The van der Waals surface area contributed by atoms with Gasteiger partial charge in [-0.2, -0.15) is 0 Å². The second-order valence-electron chi connectivity index (χ2n) is 10.3. The van der Waals surface area contributed by atoms with Gasteiger partial charge in [0.25, 0.3) is 0 Å². The van der Waals surface area contributed by atoms with Gasteiger partial charge in [0.1, 0.15) is 29.4 Å². The lowest BCUT2D eigenvalue weighted by Gasteiger charge is -2.30. The molecule has 1 N–H and O–H groups in total. The Morgan fingerprint density at radius 3 is 2.79 bits per heavy atom. The van der Waals surface area contributed by atoms with Crippen molar-refractivity contribution in [3.63, 3.8) is 0 Å². The number of anilines is 1. The maximum Gasteiger partial charge on any atom is 0.242 e. The van der Waals surface area contributed by atoms with Crippen molar-refractivity contribution in [2.45, 2.75) is 71.1 Å². The van der Waals surface area contributed by atoms with Crippen molar-refractivity contribution < 1.29 is 9.53 Å². The van der Waals surface area contributed by atoms with Crippen LogP contribution >= 0.6 is 0 Å². The first kappa shape index (κ1) is 23.4. The van der Waals surface area contributed by atoms with Crippen LogP contribution in [0.2, 0.25) is 0 Å². The minimum atomic E-state index is -0.362. The van der Waals surface area contributed by atoms with Crippen LogP contribution in [0.25, 0.3) is 11.5 Å². The highest BCUT2D eigenvalue weighted by molar-refractivity contribution is 5.85. The minimum Gasteiger partial charge on any atom is -0.489 e. The van der Waals surface area contributed by atoms with E-state index in [4.69, 9.17) is 14.7 Å². The van der Waals surface area contributed by atoms with E-state index in [1.54, 1.807) is 6.20 Å². The van der Waals surface area contributed by atoms with E-state index in [2.05, 4.69) is 22.2 Å². The van der Waals surface area contributed by atoms with Crippen LogP contribution in [0, 0.1) is 0 Å². The van der Waals surface area contributed by atoms with Crippen molar-refractivity contribution >= 4 is 11.7 Å². The predicted molar refractivity (Wildman–Crippen MR) is 130 cm³/mol. The van der Waals surface area contributed by atoms with Crippen molar-refractivity contribution in [2.75, 3.05) is 32.1 Å². The van der Waals surface area contributed by atoms with E-state index in [-0.39, 0.29) is 23.6 Å². The Balaban J connectivity index is 1.61. The third-order valence-corrected chi connectivity index (χ3v) is 6.32. The second kappa shape index (κ2) is 9.25. The fourth-order valence-corrected chi connectivity index (χ4v) is 4.44. The van der Waals surface area contributed by atoms with Crippen molar-refractivity contribution in [1.82, 2.24) is 25.2 Å². The minimum absolute atomic E-state index is 0.0213. The lowest BCUT2D eigenvalue weighted by molar-refractivity contribution is -0.123. The summed E-state index contributed by atoms with van der Waals surface area (Å²) >= 11 is 0. The molecule has 178 valence electrons. The lowest BCUT2D eigenvalue weighted by atomic mass is 10.1. The Kier molecular flexibility index (Phi) is 6.56. The van der Waals surface area contributed by atoms with E-state index in [1.807, 2.05) is 51.8 Å². The van der Waals surface area contributed by atoms with Crippen LogP contribution in [-0.2, 0) is 17.6 Å². The Hall–Kier alpha value is -2.74. The first-order chi connectivity index (χ1) is 15.6. The first-order valence-corrected chi connectivity index (χ1v) is 11.9. The largest absolute Gasteiger partial charge is 0.489 e. The zero-order valence-corrected chi connectivity index (χ0v) is 20.7. The number of fused-ring (bicyclic) bond motifs is 1. The smallest absolute Gasteiger partial charge is 0.242 e. The SMILES string of the molecule is CC(C(=O)NC(C)(C)C)N(C)c1nc(-c2cc(O[C@@H]3CCN(C)C3)ccn2)nc2c1CCC2. The summed E-state index contributed by atoms with van der Waals surface area (Å²) in [6, 6.07) is 3.45. The monoisotopic (exact) mass is 452 g/mol. The molecule has 1 fully saturated rings. The van der Waals surface area contributed by atoms with Gasteiger partial charge in [0, 0.05) is 49.2 Å². The van der Waals surface area contributed by atoms with Crippen molar-refractivity contribution in [2.24, 2.45) is 0 Å². The Labute approximate surface area is 196 Å². The fraction of sp³-hybridized carbons (Fsp3) is 0.600. The van der Waals surface area contributed by atoms with Gasteiger partial charge >= 0.3 is 0 Å². The summed E-state index contributed by atoms with van der Waals surface area (Å²) in [5, 5.41) is 3.07. The van der Waals surface area contributed by atoms with Crippen LogP contribution in [0.1, 0.15) is 51.8 Å². The van der Waals surface area contributed by atoms with Crippen LogP contribution < -0.4 is 15.0 Å².